The Bertz CT molecular complexity index is 776. The maximum Gasteiger partial charge on any atom is 0.339 e. The van der Waals surface area contributed by atoms with Crippen LogP contribution in [0.25, 0.3) is 0 Å². The molecule has 1 heterocycles. The van der Waals surface area contributed by atoms with Gasteiger partial charge in [0.25, 0.3) is 10.0 Å². The van der Waals surface area contributed by atoms with Crippen LogP contribution in [0.3, 0.4) is 0 Å². The molecule has 1 aromatic carbocycles. The zero-order valence-corrected chi connectivity index (χ0v) is 12.8. The average Bonchev–Trinajstić information content (AvgIpc) is 2.89. The van der Waals surface area contributed by atoms with Crippen molar-refractivity contribution in [2.75, 3.05) is 11.8 Å². The number of methoxy groups -OCH3 is 1. The van der Waals surface area contributed by atoms with Gasteiger partial charge < -0.3 is 9.84 Å². The van der Waals surface area contributed by atoms with Gasteiger partial charge in [-0.3, -0.25) is 4.72 Å². The molecule has 0 spiro atoms. The molecule has 11 heteroatoms. The highest BCUT2D eigenvalue weighted by atomic mass is 35.5. The molecule has 0 aliphatic heterocycles. The third kappa shape index (κ3) is 3.23. The van der Waals surface area contributed by atoms with Crippen molar-refractivity contribution in [1.29, 1.82) is 0 Å². The highest BCUT2D eigenvalue weighted by molar-refractivity contribution is 7.93. The first-order valence-corrected chi connectivity index (χ1v) is 7.99. The van der Waals surface area contributed by atoms with Gasteiger partial charge in [0, 0.05) is 5.02 Å². The van der Waals surface area contributed by atoms with Crippen molar-refractivity contribution < 1.29 is 23.1 Å². The number of hydrogen-bond donors (Lipinski definition) is 2. The second-order valence-electron chi connectivity index (χ2n) is 3.64. The fraction of sp³-hybridized carbons (Fsp3) is 0.100. The molecule has 0 radical (unpaired) electrons. The lowest BCUT2D eigenvalue weighted by Crippen LogP contribution is -2.15. The Hall–Kier alpha value is -1.91. The summed E-state index contributed by atoms with van der Waals surface area (Å²) in [5.41, 5.74) is 0.984. The molecule has 2 aromatic rings. The van der Waals surface area contributed by atoms with Gasteiger partial charge in [-0.15, -0.1) is 10.2 Å². The van der Waals surface area contributed by atoms with Crippen LogP contribution in [0, 0.1) is 0 Å². The normalized spacial score (nSPS) is 11.1. The van der Waals surface area contributed by atoms with Gasteiger partial charge in [0.2, 0.25) is 5.13 Å². The summed E-state index contributed by atoms with van der Waals surface area (Å²) in [4.78, 5) is 10.8. The third-order valence-corrected chi connectivity index (χ3v) is 4.62. The lowest BCUT2D eigenvalue weighted by molar-refractivity contribution is 0.0693. The van der Waals surface area contributed by atoms with E-state index in [-0.39, 0.29) is 21.5 Å². The first-order chi connectivity index (χ1) is 9.85. The summed E-state index contributed by atoms with van der Waals surface area (Å²) in [7, 11) is -2.95. The van der Waals surface area contributed by atoms with Crippen molar-refractivity contribution in [2.24, 2.45) is 0 Å². The molecule has 0 fully saturated rings. The van der Waals surface area contributed by atoms with Crippen molar-refractivity contribution in [2.45, 2.75) is 4.90 Å². The van der Waals surface area contributed by atoms with Gasteiger partial charge in [-0.25, -0.2) is 13.2 Å². The van der Waals surface area contributed by atoms with Gasteiger partial charge in [-0.2, -0.15) is 0 Å². The van der Waals surface area contributed by atoms with Crippen LogP contribution in [0.1, 0.15) is 10.4 Å². The van der Waals surface area contributed by atoms with E-state index in [4.69, 9.17) is 21.4 Å². The number of sulfonamides is 1. The van der Waals surface area contributed by atoms with Crippen molar-refractivity contribution >= 4 is 44.1 Å². The highest BCUT2D eigenvalue weighted by Gasteiger charge is 2.26. The quantitative estimate of drug-likeness (QED) is 0.843. The average molecular weight is 350 g/mol. The van der Waals surface area contributed by atoms with Crippen molar-refractivity contribution in [3.8, 4) is 5.75 Å². The topological polar surface area (TPSA) is 118 Å². The van der Waals surface area contributed by atoms with E-state index in [1.807, 2.05) is 0 Å². The molecular weight excluding hydrogens is 342 g/mol. The molecule has 8 nitrogen and oxygen atoms in total. The highest BCUT2D eigenvalue weighted by Crippen LogP contribution is 2.33. The summed E-state index contributed by atoms with van der Waals surface area (Å²) in [5, 5.41) is 16.1. The largest absolute Gasteiger partial charge is 0.494 e. The Labute approximate surface area is 128 Å². The molecule has 0 atom stereocenters. The number of aromatic nitrogens is 2. The predicted octanol–water partition coefficient (Wildman–Crippen LogP) is 1.70. The maximum atomic E-state index is 12.3. The van der Waals surface area contributed by atoms with E-state index >= 15 is 0 Å². The van der Waals surface area contributed by atoms with Crippen LogP contribution in [-0.4, -0.2) is 36.8 Å². The Morgan fingerprint density at radius 2 is 2.19 bits per heavy atom. The smallest absolute Gasteiger partial charge is 0.339 e. The van der Waals surface area contributed by atoms with E-state index in [1.54, 1.807) is 0 Å². The summed E-state index contributed by atoms with van der Waals surface area (Å²) in [6.07, 6.45) is 0. The zero-order valence-electron chi connectivity index (χ0n) is 10.4. The number of benzene rings is 1. The molecule has 0 bridgehead atoms. The first kappa shape index (κ1) is 15.5. The number of rotatable bonds is 5. The maximum absolute atomic E-state index is 12.3. The fourth-order valence-corrected chi connectivity index (χ4v) is 3.72. The third-order valence-electron chi connectivity index (χ3n) is 2.33. The number of carboxylic acid groups (broad SMARTS) is 1. The molecule has 2 N–H and O–H groups in total. The van der Waals surface area contributed by atoms with Crippen LogP contribution in [-0.2, 0) is 10.0 Å². The van der Waals surface area contributed by atoms with Gasteiger partial charge in [-0.05, 0) is 12.1 Å². The summed E-state index contributed by atoms with van der Waals surface area (Å²) >= 11 is 6.74. The standard InChI is InChI=1S/C10H8ClN3O5S2/c1-19-8-6(9(15)16)2-5(11)3-7(8)21(17,18)14-10-13-12-4-20-10/h2-4H,1H3,(H,13,14)(H,15,16). The van der Waals surface area contributed by atoms with Gasteiger partial charge in [0.05, 0.1) is 7.11 Å². The SMILES string of the molecule is COc1c(C(=O)O)cc(Cl)cc1S(=O)(=O)Nc1nncs1. The van der Waals surface area contributed by atoms with E-state index in [0.29, 0.717) is 0 Å². The minimum Gasteiger partial charge on any atom is -0.494 e. The lowest BCUT2D eigenvalue weighted by Gasteiger charge is -2.12. The second kappa shape index (κ2) is 5.84. The Kier molecular flexibility index (Phi) is 4.30. The van der Waals surface area contributed by atoms with Gasteiger partial charge in [0.1, 0.15) is 16.0 Å². The predicted molar refractivity (Wildman–Crippen MR) is 75.7 cm³/mol. The second-order valence-corrected chi connectivity index (χ2v) is 6.56. The van der Waals surface area contributed by atoms with Crippen molar-refractivity contribution in [3.63, 3.8) is 0 Å². The minimum atomic E-state index is -4.12. The summed E-state index contributed by atoms with van der Waals surface area (Å²) in [5.74, 6) is -1.68. The molecule has 0 aliphatic rings. The summed E-state index contributed by atoms with van der Waals surface area (Å²) < 4.78 is 31.7. The molecule has 1 aromatic heterocycles. The van der Waals surface area contributed by atoms with Crippen LogP contribution >= 0.6 is 22.9 Å². The molecule has 112 valence electrons. The molecule has 0 amide bonds. The van der Waals surface area contributed by atoms with Crippen LogP contribution in [0.2, 0.25) is 5.02 Å². The van der Waals surface area contributed by atoms with E-state index in [0.717, 1.165) is 23.5 Å². The number of hydrogen-bond acceptors (Lipinski definition) is 7. The Morgan fingerprint density at radius 1 is 1.48 bits per heavy atom. The molecular formula is C10H8ClN3O5S2. The first-order valence-electron chi connectivity index (χ1n) is 5.25. The number of anilines is 1. The molecule has 2 rings (SSSR count). The Balaban J connectivity index is 2.59. The zero-order chi connectivity index (χ0) is 15.6. The van der Waals surface area contributed by atoms with E-state index in [9.17, 15) is 13.2 Å². The van der Waals surface area contributed by atoms with Crippen molar-refractivity contribution in [1.82, 2.24) is 10.2 Å². The molecule has 0 aliphatic carbocycles. The number of carboxylic acids is 1. The minimum absolute atomic E-state index is 0.0360. The number of nitrogens with zero attached hydrogens (tertiary/aromatic N) is 2. The summed E-state index contributed by atoms with van der Waals surface area (Å²) in [6.45, 7) is 0. The fourth-order valence-electron chi connectivity index (χ4n) is 1.53. The van der Waals surface area contributed by atoms with Gasteiger partial charge >= 0.3 is 5.97 Å². The monoisotopic (exact) mass is 349 g/mol. The Morgan fingerprint density at radius 3 is 2.71 bits per heavy atom. The summed E-state index contributed by atoms with van der Waals surface area (Å²) in [6, 6.07) is 2.20. The van der Waals surface area contributed by atoms with Crippen LogP contribution in [0.4, 0.5) is 5.13 Å². The molecule has 0 saturated heterocycles. The molecule has 0 saturated carbocycles. The molecule has 21 heavy (non-hydrogen) atoms. The van der Waals surface area contributed by atoms with E-state index in [2.05, 4.69) is 14.9 Å². The van der Waals surface area contributed by atoms with E-state index in [1.165, 1.54) is 12.6 Å². The van der Waals surface area contributed by atoms with Crippen molar-refractivity contribution in [3.05, 3.63) is 28.2 Å². The van der Waals surface area contributed by atoms with Crippen LogP contribution in [0.15, 0.2) is 22.5 Å². The molecule has 0 unspecified atom stereocenters. The lowest BCUT2D eigenvalue weighted by atomic mass is 10.2. The number of ether oxygens (including phenoxy) is 1. The van der Waals surface area contributed by atoms with Crippen LogP contribution < -0.4 is 9.46 Å². The van der Waals surface area contributed by atoms with Gasteiger partial charge in [-0.1, -0.05) is 22.9 Å². The number of nitrogens with one attached hydrogen (secondary N) is 1. The van der Waals surface area contributed by atoms with Gasteiger partial charge in [0.15, 0.2) is 5.75 Å². The number of halogens is 1. The van der Waals surface area contributed by atoms with E-state index < -0.39 is 20.9 Å². The number of aromatic carboxylic acids is 1. The van der Waals surface area contributed by atoms with Crippen LogP contribution in [0.5, 0.6) is 5.75 Å². The number of carbonyl (C=O) groups is 1.